The van der Waals surface area contributed by atoms with Crippen LogP contribution in [0.25, 0.3) is 11.0 Å². The normalized spacial score (nSPS) is 12.3. The van der Waals surface area contributed by atoms with E-state index in [-0.39, 0.29) is 12.4 Å². The van der Waals surface area contributed by atoms with Crippen LogP contribution in [0.4, 0.5) is 0 Å². The number of aryl methyl sites for hydroxylation is 1. The lowest BCUT2D eigenvalue weighted by Crippen LogP contribution is -2.41. The molecule has 130 valence electrons. The molecule has 3 rings (SSSR count). The van der Waals surface area contributed by atoms with Gasteiger partial charge in [0.15, 0.2) is 16.8 Å². The van der Waals surface area contributed by atoms with Crippen molar-refractivity contribution in [3.05, 3.63) is 60.4 Å². The number of fused-ring (bicyclic) bond motifs is 1. The molecule has 25 heavy (non-hydrogen) atoms. The van der Waals surface area contributed by atoms with Crippen LogP contribution in [0, 0.1) is 0 Å². The summed E-state index contributed by atoms with van der Waals surface area (Å²) in [7, 11) is 0. The van der Waals surface area contributed by atoms with E-state index in [9.17, 15) is 9.90 Å². The van der Waals surface area contributed by atoms with E-state index in [1.165, 1.54) is 6.92 Å². The quantitative estimate of drug-likeness (QED) is 0.532. The first-order valence-corrected chi connectivity index (χ1v) is 8.47. The van der Waals surface area contributed by atoms with Gasteiger partial charge in [0.2, 0.25) is 6.33 Å². The van der Waals surface area contributed by atoms with E-state index in [1.807, 2.05) is 23.0 Å². The van der Waals surface area contributed by atoms with E-state index in [1.54, 1.807) is 24.3 Å². The second kappa shape index (κ2) is 7.49. The highest BCUT2D eigenvalue weighted by Gasteiger charge is 2.17. The highest BCUT2D eigenvalue weighted by molar-refractivity contribution is 5.94. The smallest absolute Gasteiger partial charge is 0.244 e. The Labute approximate surface area is 147 Å². The first kappa shape index (κ1) is 17.2. The van der Waals surface area contributed by atoms with E-state index in [4.69, 9.17) is 4.74 Å². The SMILES string of the molecule is CCn1c[n+](CC(O)COc2ccc(C(C)=O)cc2)c2ccccc21. The molecule has 0 fully saturated rings. The molecule has 5 nitrogen and oxygen atoms in total. The molecular formula is C20H23N2O3+. The minimum Gasteiger partial charge on any atom is -0.491 e. The summed E-state index contributed by atoms with van der Waals surface area (Å²) < 4.78 is 9.84. The fourth-order valence-corrected chi connectivity index (χ4v) is 2.90. The predicted octanol–water partition coefficient (Wildman–Crippen LogP) is 2.59. The van der Waals surface area contributed by atoms with Crippen LogP contribution in [0.3, 0.4) is 0 Å². The van der Waals surface area contributed by atoms with Crippen LogP contribution in [-0.2, 0) is 13.1 Å². The number of para-hydroxylation sites is 2. The van der Waals surface area contributed by atoms with E-state index < -0.39 is 6.10 Å². The molecule has 1 atom stereocenters. The third kappa shape index (κ3) is 3.88. The Morgan fingerprint density at radius 1 is 1.20 bits per heavy atom. The molecule has 1 N–H and O–H groups in total. The standard InChI is InChI=1S/C20H23N2O3/c1-3-21-14-22(20-7-5-4-6-19(20)21)12-17(24)13-25-18-10-8-16(9-11-18)15(2)23/h4-11,14,17,24H,3,12-13H2,1-2H3/q+1. The summed E-state index contributed by atoms with van der Waals surface area (Å²) in [6.45, 7) is 5.16. The van der Waals surface area contributed by atoms with Crippen molar-refractivity contribution in [1.82, 2.24) is 4.57 Å². The van der Waals surface area contributed by atoms with Crippen LogP contribution in [0.2, 0.25) is 0 Å². The van der Waals surface area contributed by atoms with Gasteiger partial charge in [-0.2, -0.15) is 0 Å². The molecule has 0 aliphatic rings. The van der Waals surface area contributed by atoms with Gasteiger partial charge in [-0.3, -0.25) is 4.79 Å². The molecule has 0 aliphatic heterocycles. The molecule has 1 heterocycles. The second-order valence-corrected chi connectivity index (χ2v) is 6.09. The Kier molecular flexibility index (Phi) is 5.14. The molecule has 1 unspecified atom stereocenters. The molecule has 3 aromatic rings. The molecule has 0 radical (unpaired) electrons. The van der Waals surface area contributed by atoms with Crippen LogP contribution in [-0.4, -0.2) is 28.2 Å². The number of ether oxygens (including phenoxy) is 1. The molecule has 0 saturated heterocycles. The monoisotopic (exact) mass is 339 g/mol. The number of hydrogen-bond acceptors (Lipinski definition) is 3. The van der Waals surface area contributed by atoms with Gasteiger partial charge in [-0.15, -0.1) is 0 Å². The van der Waals surface area contributed by atoms with Gasteiger partial charge in [0.25, 0.3) is 0 Å². The second-order valence-electron chi connectivity index (χ2n) is 6.09. The number of aliphatic hydroxyl groups excluding tert-OH is 1. The Balaban J connectivity index is 1.65. The minimum absolute atomic E-state index is 0.0234. The van der Waals surface area contributed by atoms with Crippen molar-refractivity contribution in [2.24, 2.45) is 0 Å². The number of ketones is 1. The van der Waals surface area contributed by atoms with Crippen molar-refractivity contribution in [3.63, 3.8) is 0 Å². The summed E-state index contributed by atoms with van der Waals surface area (Å²) in [5.74, 6) is 0.667. The fourth-order valence-electron chi connectivity index (χ4n) is 2.90. The topological polar surface area (TPSA) is 55.3 Å². The number of Topliss-reactive ketones (excluding diaryl/α,β-unsaturated/α-hetero) is 1. The maximum atomic E-state index is 11.3. The largest absolute Gasteiger partial charge is 0.491 e. The van der Waals surface area contributed by atoms with Crippen LogP contribution < -0.4 is 9.30 Å². The Morgan fingerprint density at radius 3 is 2.60 bits per heavy atom. The van der Waals surface area contributed by atoms with E-state index in [2.05, 4.69) is 23.6 Å². The molecule has 0 saturated carbocycles. The van der Waals surface area contributed by atoms with Gasteiger partial charge in [-0.1, -0.05) is 12.1 Å². The lowest BCUT2D eigenvalue weighted by Gasteiger charge is -2.11. The van der Waals surface area contributed by atoms with Crippen molar-refractivity contribution < 1.29 is 19.2 Å². The number of carbonyl (C=O) groups is 1. The Hall–Kier alpha value is -2.66. The van der Waals surface area contributed by atoms with Gasteiger partial charge in [-0.25, -0.2) is 9.13 Å². The number of carbonyl (C=O) groups excluding carboxylic acids is 1. The van der Waals surface area contributed by atoms with Crippen molar-refractivity contribution in [1.29, 1.82) is 0 Å². The molecule has 0 aliphatic carbocycles. The van der Waals surface area contributed by atoms with Gasteiger partial charge in [0, 0.05) is 5.56 Å². The van der Waals surface area contributed by atoms with Crippen LogP contribution in [0.5, 0.6) is 5.75 Å². The van der Waals surface area contributed by atoms with Crippen LogP contribution in [0.1, 0.15) is 24.2 Å². The van der Waals surface area contributed by atoms with Gasteiger partial charge in [0.1, 0.15) is 25.0 Å². The number of imidazole rings is 1. The predicted molar refractivity (Wildman–Crippen MR) is 95.8 cm³/mol. The average Bonchev–Trinajstić information content (AvgIpc) is 2.98. The van der Waals surface area contributed by atoms with Gasteiger partial charge in [-0.05, 0) is 50.2 Å². The third-order valence-corrected chi connectivity index (χ3v) is 4.23. The number of rotatable bonds is 7. The number of nitrogens with zero attached hydrogens (tertiary/aromatic N) is 2. The maximum Gasteiger partial charge on any atom is 0.244 e. The summed E-state index contributed by atoms with van der Waals surface area (Å²) in [4.78, 5) is 11.3. The molecule has 0 bridgehead atoms. The first-order chi connectivity index (χ1) is 12.1. The zero-order valence-electron chi connectivity index (χ0n) is 14.6. The van der Waals surface area contributed by atoms with Crippen molar-refractivity contribution in [2.45, 2.75) is 33.0 Å². The van der Waals surface area contributed by atoms with Crippen LogP contribution >= 0.6 is 0 Å². The van der Waals surface area contributed by atoms with Gasteiger partial charge in [0.05, 0.1) is 6.54 Å². The van der Waals surface area contributed by atoms with E-state index >= 15 is 0 Å². The molecule has 0 amide bonds. The zero-order chi connectivity index (χ0) is 17.8. The highest BCUT2D eigenvalue weighted by atomic mass is 16.5. The summed E-state index contributed by atoms with van der Waals surface area (Å²) in [6.07, 6.45) is 1.39. The van der Waals surface area contributed by atoms with Crippen LogP contribution in [0.15, 0.2) is 54.9 Å². The first-order valence-electron chi connectivity index (χ1n) is 8.47. The molecular weight excluding hydrogens is 316 g/mol. The summed E-state index contributed by atoms with van der Waals surface area (Å²) in [5.41, 5.74) is 2.89. The summed E-state index contributed by atoms with van der Waals surface area (Å²) in [6, 6.07) is 15.1. The number of benzene rings is 2. The van der Waals surface area contributed by atoms with Gasteiger partial charge >= 0.3 is 0 Å². The number of aromatic nitrogens is 2. The molecule has 1 aromatic heterocycles. The Morgan fingerprint density at radius 2 is 1.92 bits per heavy atom. The average molecular weight is 339 g/mol. The van der Waals surface area contributed by atoms with Gasteiger partial charge < -0.3 is 9.84 Å². The summed E-state index contributed by atoms with van der Waals surface area (Å²) >= 11 is 0. The van der Waals surface area contributed by atoms with Crippen molar-refractivity contribution in [2.75, 3.05) is 6.61 Å². The molecule has 5 heteroatoms. The van der Waals surface area contributed by atoms with E-state index in [0.29, 0.717) is 17.9 Å². The minimum atomic E-state index is -0.631. The number of aliphatic hydroxyl groups is 1. The zero-order valence-corrected chi connectivity index (χ0v) is 14.6. The lowest BCUT2D eigenvalue weighted by molar-refractivity contribution is -0.679. The van der Waals surface area contributed by atoms with Crippen molar-refractivity contribution in [3.8, 4) is 5.75 Å². The summed E-state index contributed by atoms with van der Waals surface area (Å²) in [5, 5.41) is 10.3. The molecule has 2 aromatic carbocycles. The maximum absolute atomic E-state index is 11.3. The van der Waals surface area contributed by atoms with Crippen molar-refractivity contribution >= 4 is 16.8 Å². The fraction of sp³-hybridized carbons (Fsp3) is 0.300. The highest BCUT2D eigenvalue weighted by Crippen LogP contribution is 2.14. The third-order valence-electron chi connectivity index (χ3n) is 4.23. The van der Waals surface area contributed by atoms with E-state index in [0.717, 1.165) is 17.6 Å². The Bertz CT molecular complexity index is 868. The lowest BCUT2D eigenvalue weighted by atomic mass is 10.1. The molecule has 0 spiro atoms. The number of hydrogen-bond donors (Lipinski definition) is 1.